The molecule has 0 aliphatic heterocycles. The van der Waals surface area contributed by atoms with Crippen molar-refractivity contribution >= 4 is 37.3 Å². The molecule has 0 saturated heterocycles. The van der Waals surface area contributed by atoms with Crippen LogP contribution in [0.5, 0.6) is 0 Å². The lowest BCUT2D eigenvalue weighted by Crippen LogP contribution is -2.25. The number of hydrogen-bond donors (Lipinski definition) is 1. The maximum absolute atomic E-state index is 12.0. The van der Waals surface area contributed by atoms with E-state index in [2.05, 4.69) is 25.6 Å². The largest absolute Gasteiger partial charge is 0.309 e. The molecule has 104 valence electrons. The minimum absolute atomic E-state index is 0.381. The van der Waals surface area contributed by atoms with Gasteiger partial charge in [-0.3, -0.25) is 0 Å². The molecular formula is C11H19BrN2O2S2. The maximum Gasteiger partial charge on any atom is 0.241 e. The summed E-state index contributed by atoms with van der Waals surface area (Å²) in [5.41, 5.74) is 0. The fourth-order valence-corrected chi connectivity index (χ4v) is 5.02. The molecule has 4 nitrogen and oxygen atoms in total. The van der Waals surface area contributed by atoms with Gasteiger partial charge in [-0.2, -0.15) is 0 Å². The number of nitrogens with one attached hydrogen (secondary N) is 1. The Morgan fingerprint density at radius 2 is 2.06 bits per heavy atom. The Hall–Kier alpha value is 0.0500. The third-order valence-electron chi connectivity index (χ3n) is 2.46. The molecule has 0 aliphatic carbocycles. The van der Waals surface area contributed by atoms with Gasteiger partial charge in [0.25, 0.3) is 0 Å². The first kappa shape index (κ1) is 16.1. The van der Waals surface area contributed by atoms with Crippen LogP contribution in [0.25, 0.3) is 0 Å². The molecule has 1 aromatic rings. The number of halogens is 1. The summed E-state index contributed by atoms with van der Waals surface area (Å²) in [5, 5.41) is 0. The zero-order valence-electron chi connectivity index (χ0n) is 10.9. The maximum atomic E-state index is 12.0. The lowest BCUT2D eigenvalue weighted by Gasteiger charge is -2.09. The molecular weight excluding hydrogens is 336 g/mol. The molecule has 7 heteroatoms. The van der Waals surface area contributed by atoms with Gasteiger partial charge in [-0.25, -0.2) is 13.1 Å². The summed E-state index contributed by atoms with van der Waals surface area (Å²) in [4.78, 5) is 3.28. The molecule has 0 radical (unpaired) electrons. The van der Waals surface area contributed by atoms with E-state index in [1.54, 1.807) is 6.07 Å². The second kappa shape index (κ2) is 7.00. The summed E-state index contributed by atoms with van der Waals surface area (Å²) in [6, 6.07) is 1.65. The quantitative estimate of drug-likeness (QED) is 0.765. The number of rotatable bonds is 7. The first-order valence-corrected chi connectivity index (χ1v) is 8.82. The van der Waals surface area contributed by atoms with Crippen LogP contribution < -0.4 is 4.72 Å². The molecule has 0 saturated carbocycles. The van der Waals surface area contributed by atoms with E-state index >= 15 is 0 Å². The van der Waals surface area contributed by atoms with E-state index in [4.69, 9.17) is 0 Å². The van der Waals surface area contributed by atoms with Crippen molar-refractivity contribution < 1.29 is 8.42 Å². The van der Waals surface area contributed by atoms with E-state index < -0.39 is 10.0 Å². The molecule has 0 bridgehead atoms. The predicted octanol–water partition coefficient (Wildman–Crippen LogP) is 2.44. The highest BCUT2D eigenvalue weighted by Crippen LogP contribution is 2.29. The van der Waals surface area contributed by atoms with Crippen LogP contribution in [0.3, 0.4) is 0 Å². The Bertz CT molecular complexity index is 483. The van der Waals surface area contributed by atoms with Gasteiger partial charge < -0.3 is 4.90 Å². The summed E-state index contributed by atoms with van der Waals surface area (Å²) in [5.74, 6) is 0. The summed E-state index contributed by atoms with van der Waals surface area (Å²) >= 11 is 4.74. The van der Waals surface area contributed by atoms with E-state index in [0.29, 0.717) is 11.4 Å². The highest BCUT2D eigenvalue weighted by atomic mass is 79.9. The van der Waals surface area contributed by atoms with Crippen LogP contribution in [0.2, 0.25) is 0 Å². The van der Waals surface area contributed by atoms with Crippen LogP contribution in [0.1, 0.15) is 17.7 Å². The fourth-order valence-electron chi connectivity index (χ4n) is 1.53. The van der Waals surface area contributed by atoms with Gasteiger partial charge in [-0.15, -0.1) is 11.3 Å². The minimum atomic E-state index is -3.35. The number of hydrogen-bond acceptors (Lipinski definition) is 4. The van der Waals surface area contributed by atoms with Gasteiger partial charge >= 0.3 is 0 Å². The van der Waals surface area contributed by atoms with Crippen LogP contribution in [0.15, 0.2) is 14.7 Å². The van der Waals surface area contributed by atoms with Crippen molar-refractivity contribution in [2.75, 3.05) is 27.2 Å². The van der Waals surface area contributed by atoms with Crippen molar-refractivity contribution in [1.29, 1.82) is 0 Å². The standard InChI is InChI=1S/C11H19BrN2O2S2/c1-9-10(8-11(12)17-9)18(15,16)13-6-4-5-7-14(2)3/h8,13H,4-7H2,1-3H3. The van der Waals surface area contributed by atoms with Gasteiger partial charge in [0.05, 0.1) is 8.68 Å². The third-order valence-corrected chi connectivity index (χ3v) is 5.73. The first-order chi connectivity index (χ1) is 8.33. The van der Waals surface area contributed by atoms with Gasteiger partial charge in [-0.05, 0) is 62.4 Å². The van der Waals surface area contributed by atoms with Crippen molar-refractivity contribution in [2.45, 2.75) is 24.7 Å². The Morgan fingerprint density at radius 1 is 1.39 bits per heavy atom. The summed E-state index contributed by atoms with van der Waals surface area (Å²) in [6.07, 6.45) is 1.84. The zero-order chi connectivity index (χ0) is 13.8. The fraction of sp³-hybridized carbons (Fsp3) is 0.636. The molecule has 0 unspecified atom stereocenters. The van der Waals surface area contributed by atoms with E-state index in [0.717, 1.165) is 28.0 Å². The minimum Gasteiger partial charge on any atom is -0.309 e. The molecule has 1 aromatic heterocycles. The average molecular weight is 355 g/mol. The Labute approximate surface area is 122 Å². The number of aryl methyl sites for hydroxylation is 1. The van der Waals surface area contributed by atoms with E-state index in [1.807, 2.05) is 21.0 Å². The number of unbranched alkanes of at least 4 members (excludes halogenated alkanes) is 1. The predicted molar refractivity (Wildman–Crippen MR) is 79.7 cm³/mol. The highest BCUT2D eigenvalue weighted by molar-refractivity contribution is 9.11. The van der Waals surface area contributed by atoms with Crippen molar-refractivity contribution in [1.82, 2.24) is 9.62 Å². The van der Waals surface area contributed by atoms with Crippen LogP contribution in [0.4, 0.5) is 0 Å². The topological polar surface area (TPSA) is 49.4 Å². The molecule has 1 heterocycles. The van der Waals surface area contributed by atoms with Crippen LogP contribution in [0, 0.1) is 6.92 Å². The van der Waals surface area contributed by atoms with Gasteiger partial charge in [0, 0.05) is 11.4 Å². The summed E-state index contributed by atoms with van der Waals surface area (Å²) < 4.78 is 27.5. The summed E-state index contributed by atoms with van der Waals surface area (Å²) in [6.45, 7) is 3.28. The highest BCUT2D eigenvalue weighted by Gasteiger charge is 2.18. The van der Waals surface area contributed by atoms with Crippen LogP contribution >= 0.6 is 27.3 Å². The molecule has 0 aliphatic rings. The van der Waals surface area contributed by atoms with Gasteiger partial charge in [0.1, 0.15) is 0 Å². The second-order valence-corrected chi connectivity index (χ2v) is 8.75. The Balaban J connectivity index is 2.48. The normalized spacial score (nSPS) is 12.3. The number of thiophene rings is 1. The van der Waals surface area contributed by atoms with E-state index in [1.165, 1.54) is 11.3 Å². The third kappa shape index (κ3) is 4.97. The molecule has 0 atom stereocenters. The molecule has 0 aromatic carbocycles. The second-order valence-electron chi connectivity index (χ2n) is 4.38. The molecule has 1 N–H and O–H groups in total. The van der Waals surface area contributed by atoms with E-state index in [-0.39, 0.29) is 0 Å². The SMILES string of the molecule is Cc1sc(Br)cc1S(=O)(=O)NCCCCN(C)C. The van der Waals surface area contributed by atoms with E-state index in [9.17, 15) is 8.42 Å². The van der Waals surface area contributed by atoms with Crippen molar-refractivity contribution in [2.24, 2.45) is 0 Å². The molecule has 0 spiro atoms. The zero-order valence-corrected chi connectivity index (χ0v) is 14.1. The van der Waals surface area contributed by atoms with Crippen molar-refractivity contribution in [3.05, 3.63) is 14.7 Å². The number of sulfonamides is 1. The van der Waals surface area contributed by atoms with Crippen LogP contribution in [-0.4, -0.2) is 40.5 Å². The Morgan fingerprint density at radius 3 is 2.56 bits per heavy atom. The first-order valence-electron chi connectivity index (χ1n) is 5.73. The smallest absolute Gasteiger partial charge is 0.241 e. The van der Waals surface area contributed by atoms with Crippen LogP contribution in [-0.2, 0) is 10.0 Å². The van der Waals surface area contributed by atoms with Gasteiger partial charge in [0.2, 0.25) is 10.0 Å². The number of nitrogens with zero attached hydrogens (tertiary/aromatic N) is 1. The lowest BCUT2D eigenvalue weighted by atomic mass is 10.3. The van der Waals surface area contributed by atoms with Gasteiger partial charge in [0.15, 0.2) is 0 Å². The molecule has 0 fully saturated rings. The lowest BCUT2D eigenvalue weighted by molar-refractivity contribution is 0.394. The molecule has 0 amide bonds. The van der Waals surface area contributed by atoms with Crippen molar-refractivity contribution in [3.8, 4) is 0 Å². The van der Waals surface area contributed by atoms with Crippen molar-refractivity contribution in [3.63, 3.8) is 0 Å². The molecule has 18 heavy (non-hydrogen) atoms. The summed E-state index contributed by atoms with van der Waals surface area (Å²) in [7, 11) is 0.667. The monoisotopic (exact) mass is 354 g/mol. The Kier molecular flexibility index (Phi) is 6.26. The average Bonchev–Trinajstić information content (AvgIpc) is 2.57. The van der Waals surface area contributed by atoms with Gasteiger partial charge in [-0.1, -0.05) is 0 Å². The molecule has 1 rings (SSSR count).